The molecule has 0 spiro atoms. The molecule has 0 bridgehead atoms. The first-order chi connectivity index (χ1) is 11.1. The number of hydrogen-bond acceptors (Lipinski definition) is 2. The molecule has 0 heterocycles. The van der Waals surface area contributed by atoms with Gasteiger partial charge in [-0.25, -0.2) is 0 Å². The molecule has 2 unspecified atom stereocenters. The molecule has 2 aromatic rings. The largest absolute Gasteiger partial charge is 0.351 e. The first-order valence-corrected chi connectivity index (χ1v) is 10.9. The van der Waals surface area contributed by atoms with Crippen LogP contribution in [-0.4, -0.2) is 18.1 Å². The third-order valence-corrected chi connectivity index (χ3v) is 8.18. The lowest BCUT2D eigenvalue weighted by atomic mass is 10.4. The summed E-state index contributed by atoms with van der Waals surface area (Å²) in [6.07, 6.45) is 0.431. The summed E-state index contributed by atoms with van der Waals surface area (Å²) in [6, 6.07) is 21.1. The van der Waals surface area contributed by atoms with Gasteiger partial charge in [-0.05, 0) is 27.7 Å². The van der Waals surface area contributed by atoms with Crippen molar-refractivity contribution in [2.75, 3.05) is 5.90 Å². The van der Waals surface area contributed by atoms with Crippen LogP contribution in [0.15, 0.2) is 60.7 Å². The number of hydrogen-bond donors (Lipinski definition) is 0. The highest BCUT2D eigenvalue weighted by molar-refractivity contribution is 7.77. The molecule has 0 fully saturated rings. The molecule has 0 aliphatic heterocycles. The molecule has 23 heavy (non-hydrogen) atoms. The van der Waals surface area contributed by atoms with E-state index in [1.165, 1.54) is 10.6 Å². The van der Waals surface area contributed by atoms with E-state index in [1.54, 1.807) is 0 Å². The third-order valence-electron chi connectivity index (χ3n) is 3.02. The maximum atomic E-state index is 6.27. The molecule has 2 rings (SSSR count). The number of rotatable bonds is 8. The van der Waals surface area contributed by atoms with Crippen molar-refractivity contribution in [1.29, 1.82) is 0 Å². The maximum Gasteiger partial charge on any atom is 0.0677 e. The van der Waals surface area contributed by atoms with Crippen molar-refractivity contribution in [2.45, 2.75) is 39.9 Å². The molecule has 4 heteroatoms. The van der Waals surface area contributed by atoms with Crippen molar-refractivity contribution in [3.05, 3.63) is 60.7 Å². The van der Waals surface area contributed by atoms with Crippen LogP contribution in [0.2, 0.25) is 0 Å². The van der Waals surface area contributed by atoms with E-state index in [0.717, 1.165) is 5.90 Å². The predicted molar refractivity (Wildman–Crippen MR) is 103 cm³/mol. The second-order valence-corrected chi connectivity index (χ2v) is 9.98. The lowest BCUT2D eigenvalue weighted by Crippen LogP contribution is -2.14. The molecular formula is C19H26O2P2. The third kappa shape index (κ3) is 6.32. The van der Waals surface area contributed by atoms with Crippen molar-refractivity contribution < 1.29 is 9.05 Å². The van der Waals surface area contributed by atoms with Crippen molar-refractivity contribution in [1.82, 2.24) is 0 Å². The molecule has 2 nitrogen and oxygen atoms in total. The highest BCUT2D eigenvalue weighted by atomic mass is 31.2. The van der Waals surface area contributed by atoms with Gasteiger partial charge in [0.05, 0.1) is 28.5 Å². The van der Waals surface area contributed by atoms with E-state index in [9.17, 15) is 0 Å². The Balaban J connectivity index is 2.22. The summed E-state index contributed by atoms with van der Waals surface area (Å²) in [6.45, 7) is 8.41. The van der Waals surface area contributed by atoms with Crippen LogP contribution in [0.3, 0.4) is 0 Å². The molecule has 0 aromatic heterocycles. The quantitative estimate of drug-likeness (QED) is 0.608. The zero-order valence-corrected chi connectivity index (χ0v) is 16.1. The van der Waals surface area contributed by atoms with Crippen molar-refractivity contribution in [2.24, 2.45) is 0 Å². The summed E-state index contributed by atoms with van der Waals surface area (Å²) in [4.78, 5) is 0. The number of benzene rings is 2. The van der Waals surface area contributed by atoms with Crippen molar-refractivity contribution in [3.63, 3.8) is 0 Å². The van der Waals surface area contributed by atoms with E-state index >= 15 is 0 Å². The van der Waals surface area contributed by atoms with E-state index in [0.29, 0.717) is 0 Å². The molecule has 0 aliphatic rings. The van der Waals surface area contributed by atoms with Gasteiger partial charge in [0.1, 0.15) is 0 Å². The Morgan fingerprint density at radius 1 is 0.652 bits per heavy atom. The van der Waals surface area contributed by atoms with Gasteiger partial charge in [-0.1, -0.05) is 60.7 Å². The van der Waals surface area contributed by atoms with Crippen LogP contribution in [0.1, 0.15) is 27.7 Å². The standard InChI is InChI=1S/C19H26O2P2/c1-16(2)20-22(18-11-7-5-8-12-18)15-23(21-17(3)4)19-13-9-6-10-14-19/h5-14,16-17H,15H2,1-4H3. The molecule has 2 atom stereocenters. The lowest BCUT2D eigenvalue weighted by molar-refractivity contribution is 0.269. The van der Waals surface area contributed by atoms with E-state index in [4.69, 9.17) is 9.05 Å². The van der Waals surface area contributed by atoms with Crippen molar-refractivity contribution >= 4 is 26.9 Å². The fourth-order valence-corrected chi connectivity index (χ4v) is 7.21. The molecule has 2 aromatic carbocycles. The second-order valence-electron chi connectivity index (χ2n) is 5.88. The van der Waals surface area contributed by atoms with Crippen LogP contribution >= 0.6 is 16.3 Å². The fraction of sp³-hybridized carbons (Fsp3) is 0.368. The minimum Gasteiger partial charge on any atom is -0.351 e. The summed E-state index contributed by atoms with van der Waals surface area (Å²) in [5.74, 6) is 0.940. The van der Waals surface area contributed by atoms with Gasteiger partial charge in [0.15, 0.2) is 0 Å². The van der Waals surface area contributed by atoms with Gasteiger partial charge in [-0.2, -0.15) is 0 Å². The SMILES string of the molecule is CC(C)OP(CP(OC(C)C)c1ccccc1)c1ccccc1. The zero-order chi connectivity index (χ0) is 16.7. The summed E-state index contributed by atoms with van der Waals surface area (Å²) < 4.78 is 12.5. The average molecular weight is 348 g/mol. The topological polar surface area (TPSA) is 18.5 Å². The van der Waals surface area contributed by atoms with Crippen LogP contribution in [0.25, 0.3) is 0 Å². The van der Waals surface area contributed by atoms with Gasteiger partial charge in [-0.3, -0.25) is 0 Å². The van der Waals surface area contributed by atoms with Crippen LogP contribution in [0.4, 0.5) is 0 Å². The minimum absolute atomic E-state index is 0.216. The maximum absolute atomic E-state index is 6.27. The van der Waals surface area contributed by atoms with E-state index in [-0.39, 0.29) is 12.2 Å². The van der Waals surface area contributed by atoms with Crippen LogP contribution in [0.5, 0.6) is 0 Å². The minimum atomic E-state index is -0.685. The molecule has 124 valence electrons. The lowest BCUT2D eigenvalue weighted by Gasteiger charge is -2.27. The van der Waals surface area contributed by atoms with E-state index in [2.05, 4.69) is 88.4 Å². The first kappa shape index (κ1) is 18.6. The van der Waals surface area contributed by atoms with Gasteiger partial charge in [0.2, 0.25) is 0 Å². The normalized spacial score (nSPS) is 14.2. The Morgan fingerprint density at radius 2 is 1.00 bits per heavy atom. The zero-order valence-electron chi connectivity index (χ0n) is 14.3. The fourth-order valence-electron chi connectivity index (χ4n) is 2.17. The van der Waals surface area contributed by atoms with E-state index in [1.807, 2.05) is 0 Å². The Kier molecular flexibility index (Phi) is 7.66. The summed E-state index contributed by atoms with van der Waals surface area (Å²) in [5, 5.41) is 2.57. The molecule has 0 saturated carbocycles. The monoisotopic (exact) mass is 348 g/mol. The summed E-state index contributed by atoms with van der Waals surface area (Å²) >= 11 is 0. The molecule has 0 N–H and O–H groups in total. The highest BCUT2D eigenvalue weighted by Gasteiger charge is 2.23. The molecular weight excluding hydrogens is 322 g/mol. The Morgan fingerprint density at radius 3 is 1.30 bits per heavy atom. The summed E-state index contributed by atoms with van der Waals surface area (Å²) in [7, 11) is -1.37. The van der Waals surface area contributed by atoms with Gasteiger partial charge in [0.25, 0.3) is 0 Å². The average Bonchev–Trinajstić information content (AvgIpc) is 2.54. The second kappa shape index (κ2) is 9.50. The van der Waals surface area contributed by atoms with Gasteiger partial charge >= 0.3 is 0 Å². The van der Waals surface area contributed by atoms with Gasteiger partial charge in [-0.15, -0.1) is 0 Å². The smallest absolute Gasteiger partial charge is 0.0677 e. The van der Waals surface area contributed by atoms with Gasteiger partial charge in [0, 0.05) is 16.5 Å². The Bertz CT molecular complexity index is 507. The Labute approximate surface area is 142 Å². The van der Waals surface area contributed by atoms with Crippen molar-refractivity contribution in [3.8, 4) is 0 Å². The van der Waals surface area contributed by atoms with E-state index < -0.39 is 16.3 Å². The Hall–Kier alpha value is -0.780. The first-order valence-electron chi connectivity index (χ1n) is 8.05. The highest BCUT2D eigenvalue weighted by Crippen LogP contribution is 2.52. The summed E-state index contributed by atoms with van der Waals surface area (Å²) in [5.41, 5.74) is 0. The molecule has 0 amide bonds. The van der Waals surface area contributed by atoms with Gasteiger partial charge < -0.3 is 9.05 Å². The predicted octanol–water partition coefficient (Wildman–Crippen LogP) is 5.24. The molecule has 0 aliphatic carbocycles. The molecule has 0 saturated heterocycles. The van der Waals surface area contributed by atoms with Crippen LogP contribution in [-0.2, 0) is 9.05 Å². The van der Waals surface area contributed by atoms with Crippen LogP contribution < -0.4 is 10.6 Å². The van der Waals surface area contributed by atoms with Crippen LogP contribution in [0, 0.1) is 0 Å². The molecule has 0 radical (unpaired) electrons.